The zero-order chi connectivity index (χ0) is 9.26. The van der Waals surface area contributed by atoms with Gasteiger partial charge in [0.05, 0.1) is 11.2 Å². The standard InChI is InChI=1S/C9H13ClN2S/c1-12-4-2-7(3-5-12)9-11-6-8(10)13-9/h6-7H,2-5H2,1H3. The molecule has 1 aliphatic heterocycles. The van der Waals surface area contributed by atoms with E-state index in [1.54, 1.807) is 17.5 Å². The summed E-state index contributed by atoms with van der Waals surface area (Å²) in [6.45, 7) is 2.36. The van der Waals surface area contributed by atoms with E-state index < -0.39 is 0 Å². The minimum absolute atomic E-state index is 0.647. The Bertz CT molecular complexity index is 279. The summed E-state index contributed by atoms with van der Waals surface area (Å²) in [6, 6.07) is 0. The molecule has 0 spiro atoms. The maximum Gasteiger partial charge on any atom is 0.113 e. The van der Waals surface area contributed by atoms with Crippen molar-refractivity contribution in [3.63, 3.8) is 0 Å². The predicted octanol–water partition coefficient (Wildman–Crippen LogP) is 2.61. The Balaban J connectivity index is 2.02. The molecule has 0 aromatic carbocycles. The number of rotatable bonds is 1. The number of likely N-dealkylation sites (tertiary alicyclic amines) is 1. The van der Waals surface area contributed by atoms with E-state index in [0.29, 0.717) is 5.92 Å². The Morgan fingerprint density at radius 2 is 2.23 bits per heavy atom. The smallest absolute Gasteiger partial charge is 0.113 e. The molecule has 2 rings (SSSR count). The normalized spacial score (nSPS) is 20.8. The Hall–Kier alpha value is -0.120. The fourth-order valence-corrected chi connectivity index (χ4v) is 2.81. The molecule has 0 amide bonds. The molecule has 1 aromatic heterocycles. The van der Waals surface area contributed by atoms with Crippen molar-refractivity contribution in [2.75, 3.05) is 20.1 Å². The minimum Gasteiger partial charge on any atom is -0.306 e. The molecule has 2 nitrogen and oxygen atoms in total. The molecule has 0 bridgehead atoms. The van der Waals surface area contributed by atoms with Gasteiger partial charge in [-0.3, -0.25) is 0 Å². The van der Waals surface area contributed by atoms with E-state index >= 15 is 0 Å². The molecule has 2 heterocycles. The number of hydrogen-bond donors (Lipinski definition) is 0. The molecular formula is C9H13ClN2S. The second-order valence-electron chi connectivity index (χ2n) is 3.58. The Kier molecular flexibility index (Phi) is 2.86. The molecular weight excluding hydrogens is 204 g/mol. The summed E-state index contributed by atoms with van der Waals surface area (Å²) in [5, 5.41) is 1.22. The molecule has 0 unspecified atom stereocenters. The molecule has 1 fully saturated rings. The monoisotopic (exact) mass is 216 g/mol. The highest BCUT2D eigenvalue weighted by Crippen LogP contribution is 2.31. The number of hydrogen-bond acceptors (Lipinski definition) is 3. The highest BCUT2D eigenvalue weighted by Gasteiger charge is 2.20. The van der Waals surface area contributed by atoms with Crippen molar-refractivity contribution in [1.82, 2.24) is 9.88 Å². The molecule has 4 heteroatoms. The van der Waals surface area contributed by atoms with Crippen molar-refractivity contribution in [2.45, 2.75) is 18.8 Å². The van der Waals surface area contributed by atoms with E-state index in [0.717, 1.165) is 4.34 Å². The van der Waals surface area contributed by atoms with Crippen LogP contribution in [0.2, 0.25) is 4.34 Å². The molecule has 72 valence electrons. The Morgan fingerprint density at radius 3 is 2.77 bits per heavy atom. The predicted molar refractivity (Wildman–Crippen MR) is 56.6 cm³/mol. The van der Waals surface area contributed by atoms with Crippen LogP contribution in [0.4, 0.5) is 0 Å². The minimum atomic E-state index is 0.647. The second-order valence-corrected chi connectivity index (χ2v) is 5.27. The topological polar surface area (TPSA) is 16.1 Å². The SMILES string of the molecule is CN1CCC(c2ncc(Cl)s2)CC1. The van der Waals surface area contributed by atoms with E-state index in [-0.39, 0.29) is 0 Å². The maximum atomic E-state index is 5.85. The van der Waals surface area contributed by atoms with Crippen molar-refractivity contribution in [2.24, 2.45) is 0 Å². The van der Waals surface area contributed by atoms with Crippen LogP contribution in [0.3, 0.4) is 0 Å². The van der Waals surface area contributed by atoms with E-state index in [1.165, 1.54) is 30.9 Å². The average molecular weight is 217 g/mol. The molecule has 1 aromatic rings. The maximum absolute atomic E-state index is 5.85. The van der Waals surface area contributed by atoms with Gasteiger partial charge in [0.1, 0.15) is 4.34 Å². The van der Waals surface area contributed by atoms with Crippen molar-refractivity contribution >= 4 is 22.9 Å². The molecule has 0 aliphatic carbocycles. The van der Waals surface area contributed by atoms with Crippen molar-refractivity contribution in [1.29, 1.82) is 0 Å². The highest BCUT2D eigenvalue weighted by atomic mass is 35.5. The van der Waals surface area contributed by atoms with Gasteiger partial charge in [0.15, 0.2) is 0 Å². The number of thiazole rings is 1. The number of aromatic nitrogens is 1. The van der Waals surface area contributed by atoms with Crippen LogP contribution in [-0.4, -0.2) is 30.0 Å². The van der Waals surface area contributed by atoms with Gasteiger partial charge in [-0.15, -0.1) is 11.3 Å². The molecule has 0 atom stereocenters. The summed E-state index contributed by atoms with van der Waals surface area (Å²) in [4.78, 5) is 6.70. The molecule has 0 radical (unpaired) electrons. The van der Waals surface area contributed by atoms with Crippen molar-refractivity contribution < 1.29 is 0 Å². The van der Waals surface area contributed by atoms with Gasteiger partial charge in [-0.05, 0) is 33.0 Å². The summed E-state index contributed by atoms with van der Waals surface area (Å²) in [6.07, 6.45) is 4.21. The third kappa shape index (κ3) is 2.22. The fourth-order valence-electron chi connectivity index (χ4n) is 1.71. The van der Waals surface area contributed by atoms with E-state index in [9.17, 15) is 0 Å². The first-order chi connectivity index (χ1) is 6.25. The number of nitrogens with zero attached hydrogens (tertiary/aromatic N) is 2. The van der Waals surface area contributed by atoms with Crippen LogP contribution in [0, 0.1) is 0 Å². The zero-order valence-electron chi connectivity index (χ0n) is 7.66. The van der Waals surface area contributed by atoms with Crippen LogP contribution in [0.1, 0.15) is 23.8 Å². The van der Waals surface area contributed by atoms with Gasteiger partial charge in [-0.1, -0.05) is 11.6 Å². The quantitative estimate of drug-likeness (QED) is 0.718. The highest BCUT2D eigenvalue weighted by molar-refractivity contribution is 7.15. The van der Waals surface area contributed by atoms with E-state index in [4.69, 9.17) is 11.6 Å². The van der Waals surface area contributed by atoms with Gasteiger partial charge in [0.2, 0.25) is 0 Å². The molecule has 0 saturated carbocycles. The Morgan fingerprint density at radius 1 is 1.54 bits per heavy atom. The van der Waals surface area contributed by atoms with Crippen LogP contribution < -0.4 is 0 Å². The van der Waals surface area contributed by atoms with E-state index in [1.807, 2.05) is 0 Å². The van der Waals surface area contributed by atoms with Gasteiger partial charge in [0, 0.05) is 5.92 Å². The zero-order valence-corrected chi connectivity index (χ0v) is 9.24. The first kappa shape index (κ1) is 9.44. The van der Waals surface area contributed by atoms with Crippen LogP contribution in [-0.2, 0) is 0 Å². The van der Waals surface area contributed by atoms with Crippen molar-refractivity contribution in [3.8, 4) is 0 Å². The van der Waals surface area contributed by atoms with Crippen LogP contribution >= 0.6 is 22.9 Å². The molecule has 13 heavy (non-hydrogen) atoms. The summed E-state index contributed by atoms with van der Waals surface area (Å²) in [7, 11) is 2.17. The van der Waals surface area contributed by atoms with Gasteiger partial charge in [0.25, 0.3) is 0 Å². The van der Waals surface area contributed by atoms with Crippen molar-refractivity contribution in [3.05, 3.63) is 15.5 Å². The fraction of sp³-hybridized carbons (Fsp3) is 0.667. The second kappa shape index (κ2) is 3.95. The number of piperidine rings is 1. The van der Waals surface area contributed by atoms with E-state index in [2.05, 4.69) is 16.9 Å². The van der Waals surface area contributed by atoms with Gasteiger partial charge < -0.3 is 4.90 Å². The summed E-state index contributed by atoms with van der Waals surface area (Å²) in [5.41, 5.74) is 0. The first-order valence-corrected chi connectivity index (χ1v) is 5.75. The third-order valence-electron chi connectivity index (χ3n) is 2.56. The molecule has 0 N–H and O–H groups in total. The summed E-state index contributed by atoms with van der Waals surface area (Å²) < 4.78 is 0.814. The average Bonchev–Trinajstić information content (AvgIpc) is 2.53. The first-order valence-electron chi connectivity index (χ1n) is 4.55. The third-order valence-corrected chi connectivity index (χ3v) is 3.84. The molecule has 1 saturated heterocycles. The van der Waals surface area contributed by atoms with Gasteiger partial charge >= 0.3 is 0 Å². The lowest BCUT2D eigenvalue weighted by Gasteiger charge is -2.27. The van der Waals surface area contributed by atoms with Gasteiger partial charge in [-0.25, -0.2) is 4.98 Å². The molecule has 1 aliphatic rings. The largest absolute Gasteiger partial charge is 0.306 e. The van der Waals surface area contributed by atoms with Crippen LogP contribution in [0.5, 0.6) is 0 Å². The lowest BCUT2D eigenvalue weighted by atomic mass is 9.98. The Labute approximate surface area is 87.5 Å². The van der Waals surface area contributed by atoms with Crippen LogP contribution in [0.25, 0.3) is 0 Å². The lowest BCUT2D eigenvalue weighted by molar-refractivity contribution is 0.255. The summed E-state index contributed by atoms with van der Waals surface area (Å²) >= 11 is 7.49. The summed E-state index contributed by atoms with van der Waals surface area (Å²) in [5.74, 6) is 0.647. The lowest BCUT2D eigenvalue weighted by Crippen LogP contribution is -2.29. The van der Waals surface area contributed by atoms with Crippen LogP contribution in [0.15, 0.2) is 6.20 Å². The number of halogens is 1. The van der Waals surface area contributed by atoms with Gasteiger partial charge in [-0.2, -0.15) is 0 Å².